The molecular weight excluding hydrogens is 316 g/mol. The highest BCUT2D eigenvalue weighted by Crippen LogP contribution is 2.31. The lowest BCUT2D eigenvalue weighted by molar-refractivity contribution is 0.0972. The normalized spacial score (nSPS) is 18.4. The van der Waals surface area contributed by atoms with E-state index in [9.17, 15) is 4.79 Å². The molecule has 6 heteroatoms. The van der Waals surface area contributed by atoms with E-state index in [1.165, 1.54) is 0 Å². The molecule has 0 atom stereocenters. The molecule has 1 fully saturated rings. The SMILES string of the molecule is NC1CCN(CCCCC(=O)c2nn3c4c(cccc24)OCC3)CC1. The van der Waals surface area contributed by atoms with Gasteiger partial charge >= 0.3 is 0 Å². The highest BCUT2D eigenvalue weighted by molar-refractivity contribution is 6.07. The number of hydrogen-bond donors (Lipinski definition) is 1. The fourth-order valence-electron chi connectivity index (χ4n) is 3.85. The van der Waals surface area contributed by atoms with Crippen molar-refractivity contribution in [2.75, 3.05) is 26.2 Å². The van der Waals surface area contributed by atoms with Crippen LogP contribution in [-0.4, -0.2) is 52.7 Å². The zero-order chi connectivity index (χ0) is 17.2. The van der Waals surface area contributed by atoms with Crippen molar-refractivity contribution in [2.24, 2.45) is 5.73 Å². The molecule has 2 aromatic rings. The number of nitrogens with zero attached hydrogens (tertiary/aromatic N) is 3. The van der Waals surface area contributed by atoms with Gasteiger partial charge in [-0.25, -0.2) is 0 Å². The van der Waals surface area contributed by atoms with Crippen molar-refractivity contribution >= 4 is 16.7 Å². The fourth-order valence-corrected chi connectivity index (χ4v) is 3.85. The number of carbonyl (C=O) groups is 1. The van der Waals surface area contributed by atoms with Crippen LogP contribution in [-0.2, 0) is 6.54 Å². The molecule has 0 radical (unpaired) electrons. The first kappa shape index (κ1) is 16.5. The number of piperidine rings is 1. The predicted octanol–water partition coefficient (Wildman–Crippen LogP) is 2.20. The summed E-state index contributed by atoms with van der Waals surface area (Å²) in [5, 5.41) is 5.48. The number of carbonyl (C=O) groups excluding carboxylic acids is 1. The molecule has 134 valence electrons. The van der Waals surface area contributed by atoms with Gasteiger partial charge in [-0.2, -0.15) is 5.10 Å². The van der Waals surface area contributed by atoms with Crippen LogP contribution in [0.15, 0.2) is 18.2 Å². The molecule has 6 nitrogen and oxygen atoms in total. The Morgan fingerprint density at radius 3 is 2.92 bits per heavy atom. The molecule has 25 heavy (non-hydrogen) atoms. The van der Waals surface area contributed by atoms with Crippen molar-refractivity contribution in [1.82, 2.24) is 14.7 Å². The summed E-state index contributed by atoms with van der Waals surface area (Å²) < 4.78 is 7.59. The summed E-state index contributed by atoms with van der Waals surface area (Å²) in [6.07, 6.45) is 4.70. The molecule has 0 saturated carbocycles. The van der Waals surface area contributed by atoms with Gasteiger partial charge in [0.1, 0.15) is 23.6 Å². The molecule has 2 aliphatic heterocycles. The van der Waals surface area contributed by atoms with Gasteiger partial charge in [-0.1, -0.05) is 12.1 Å². The van der Waals surface area contributed by atoms with E-state index in [4.69, 9.17) is 10.5 Å². The van der Waals surface area contributed by atoms with Gasteiger partial charge in [0.05, 0.1) is 6.54 Å². The van der Waals surface area contributed by atoms with Gasteiger partial charge < -0.3 is 15.4 Å². The third-order valence-electron chi connectivity index (χ3n) is 5.32. The molecule has 2 N–H and O–H groups in total. The molecule has 0 bridgehead atoms. The number of rotatable bonds is 6. The fraction of sp³-hybridized carbons (Fsp3) is 0.579. The summed E-state index contributed by atoms with van der Waals surface area (Å²) in [4.78, 5) is 15.1. The zero-order valence-corrected chi connectivity index (χ0v) is 14.6. The number of likely N-dealkylation sites (tertiary alicyclic amines) is 1. The first-order valence-electron chi connectivity index (χ1n) is 9.36. The summed E-state index contributed by atoms with van der Waals surface area (Å²) in [5.41, 5.74) is 7.50. The minimum Gasteiger partial charge on any atom is -0.489 e. The number of nitrogens with two attached hydrogens (primary N) is 1. The Morgan fingerprint density at radius 1 is 1.24 bits per heavy atom. The minimum atomic E-state index is 0.142. The monoisotopic (exact) mass is 342 g/mol. The average Bonchev–Trinajstić information content (AvgIpc) is 3.01. The highest BCUT2D eigenvalue weighted by atomic mass is 16.5. The van der Waals surface area contributed by atoms with Gasteiger partial charge in [-0.3, -0.25) is 9.48 Å². The second-order valence-corrected chi connectivity index (χ2v) is 7.13. The van der Waals surface area contributed by atoms with Crippen LogP contribution in [0.5, 0.6) is 5.75 Å². The number of ether oxygens (including phenoxy) is 1. The second kappa shape index (κ2) is 7.14. The van der Waals surface area contributed by atoms with Crippen LogP contribution in [0.25, 0.3) is 10.9 Å². The van der Waals surface area contributed by atoms with Crippen molar-refractivity contribution < 1.29 is 9.53 Å². The Labute approximate surface area is 147 Å². The van der Waals surface area contributed by atoms with Crippen molar-refractivity contribution in [2.45, 2.75) is 44.7 Å². The van der Waals surface area contributed by atoms with Crippen molar-refractivity contribution in [3.8, 4) is 5.75 Å². The summed E-state index contributed by atoms with van der Waals surface area (Å²) >= 11 is 0. The van der Waals surface area contributed by atoms with Crippen LogP contribution in [0.4, 0.5) is 0 Å². The lowest BCUT2D eigenvalue weighted by Crippen LogP contribution is -2.40. The second-order valence-electron chi connectivity index (χ2n) is 7.13. The molecule has 2 aliphatic rings. The van der Waals surface area contributed by atoms with E-state index in [0.29, 0.717) is 31.3 Å². The summed E-state index contributed by atoms with van der Waals surface area (Å²) in [6.45, 7) is 4.56. The molecule has 1 aromatic carbocycles. The Morgan fingerprint density at radius 2 is 2.08 bits per heavy atom. The lowest BCUT2D eigenvalue weighted by atomic mass is 10.0. The van der Waals surface area contributed by atoms with Crippen molar-refractivity contribution in [3.05, 3.63) is 23.9 Å². The van der Waals surface area contributed by atoms with E-state index in [1.54, 1.807) is 0 Å². The first-order valence-corrected chi connectivity index (χ1v) is 9.36. The van der Waals surface area contributed by atoms with E-state index in [0.717, 1.165) is 62.0 Å². The van der Waals surface area contributed by atoms with Gasteiger partial charge in [-0.05, 0) is 51.4 Å². The summed E-state index contributed by atoms with van der Waals surface area (Å²) in [6, 6.07) is 6.23. The van der Waals surface area contributed by atoms with Crippen LogP contribution in [0.3, 0.4) is 0 Å². The van der Waals surface area contributed by atoms with E-state index >= 15 is 0 Å². The quantitative estimate of drug-likeness (QED) is 0.643. The van der Waals surface area contributed by atoms with Crippen LogP contribution < -0.4 is 10.5 Å². The van der Waals surface area contributed by atoms with Crippen LogP contribution >= 0.6 is 0 Å². The van der Waals surface area contributed by atoms with Crippen LogP contribution in [0.1, 0.15) is 42.6 Å². The van der Waals surface area contributed by atoms with E-state index < -0.39 is 0 Å². The maximum atomic E-state index is 12.7. The number of unbranched alkanes of at least 4 members (excludes halogenated alkanes) is 1. The predicted molar refractivity (Wildman–Crippen MR) is 97.1 cm³/mol. The molecule has 1 aromatic heterocycles. The molecule has 3 heterocycles. The number of hydrogen-bond acceptors (Lipinski definition) is 5. The van der Waals surface area contributed by atoms with Crippen molar-refractivity contribution in [3.63, 3.8) is 0 Å². The van der Waals surface area contributed by atoms with Crippen molar-refractivity contribution in [1.29, 1.82) is 0 Å². The van der Waals surface area contributed by atoms with Crippen LogP contribution in [0, 0.1) is 0 Å². The smallest absolute Gasteiger partial charge is 0.183 e. The number of ketones is 1. The maximum absolute atomic E-state index is 12.7. The Balaban J connectivity index is 1.34. The van der Waals surface area contributed by atoms with E-state index in [2.05, 4.69) is 10.00 Å². The van der Waals surface area contributed by atoms with Gasteiger partial charge in [0, 0.05) is 17.8 Å². The highest BCUT2D eigenvalue weighted by Gasteiger charge is 2.22. The number of benzene rings is 1. The van der Waals surface area contributed by atoms with Gasteiger partial charge in [0.15, 0.2) is 5.78 Å². The molecule has 4 rings (SSSR count). The third kappa shape index (κ3) is 3.41. The number of para-hydroxylation sites is 1. The standard InChI is InChI=1S/C19H26N4O2/c20-14-7-10-22(11-8-14)9-2-1-5-16(24)18-15-4-3-6-17-19(15)23(21-18)12-13-25-17/h3-4,6,14H,1-2,5,7-13,20H2. The van der Waals surface area contributed by atoms with E-state index in [-0.39, 0.29) is 5.78 Å². The van der Waals surface area contributed by atoms with Gasteiger partial charge in [0.25, 0.3) is 0 Å². The Kier molecular flexibility index (Phi) is 4.72. The lowest BCUT2D eigenvalue weighted by Gasteiger charge is -2.29. The molecule has 0 aliphatic carbocycles. The average molecular weight is 342 g/mol. The van der Waals surface area contributed by atoms with Gasteiger partial charge in [0.2, 0.25) is 0 Å². The van der Waals surface area contributed by atoms with Crippen LogP contribution in [0.2, 0.25) is 0 Å². The summed E-state index contributed by atoms with van der Waals surface area (Å²) in [5.74, 6) is 0.974. The summed E-state index contributed by atoms with van der Waals surface area (Å²) in [7, 11) is 0. The van der Waals surface area contributed by atoms with Gasteiger partial charge in [-0.15, -0.1) is 0 Å². The third-order valence-corrected chi connectivity index (χ3v) is 5.32. The zero-order valence-electron chi connectivity index (χ0n) is 14.6. The largest absolute Gasteiger partial charge is 0.489 e. The molecule has 1 saturated heterocycles. The molecule has 0 unspecified atom stereocenters. The minimum absolute atomic E-state index is 0.142. The molecule has 0 amide bonds. The topological polar surface area (TPSA) is 73.4 Å². The Bertz CT molecular complexity index is 762. The van der Waals surface area contributed by atoms with E-state index in [1.807, 2.05) is 22.9 Å². The molecule has 0 spiro atoms. The maximum Gasteiger partial charge on any atom is 0.183 e. The molecular formula is C19H26N4O2. The Hall–Kier alpha value is -1.92. The first-order chi connectivity index (χ1) is 12.2. The number of Topliss-reactive ketones (excluding diaryl/α,β-unsaturated/α-hetero) is 1. The number of aromatic nitrogens is 2.